The van der Waals surface area contributed by atoms with Crippen molar-refractivity contribution in [2.75, 3.05) is 38.7 Å². The normalized spacial score (nSPS) is 16.2. The molecule has 7 heteroatoms. The molecule has 1 fully saturated rings. The Morgan fingerprint density at radius 3 is 2.37 bits per heavy atom. The molecule has 0 spiro atoms. The number of rotatable bonds is 5. The molecule has 1 N–H and O–H groups in total. The Bertz CT molecular complexity index is 354. The van der Waals surface area contributed by atoms with Gasteiger partial charge in [0.1, 0.15) is 0 Å². The molecule has 0 atom stereocenters. The van der Waals surface area contributed by atoms with Crippen molar-refractivity contribution in [3.8, 4) is 0 Å². The molecule has 6 nitrogen and oxygen atoms in total. The predicted octanol–water partition coefficient (Wildman–Crippen LogP) is 0.131. The summed E-state index contributed by atoms with van der Waals surface area (Å²) in [6.07, 6.45) is 2.82. The minimum Gasteiger partial charge on any atom is -0.481 e. The molecule has 1 heterocycles. The lowest BCUT2D eigenvalue weighted by Gasteiger charge is -2.31. The van der Waals surface area contributed by atoms with Crippen LogP contribution in [0.25, 0.3) is 0 Å². The monoisotopic (exact) mass is 288 g/mol. The molecule has 1 aliphatic heterocycles. The van der Waals surface area contributed by atoms with Crippen LogP contribution >= 0.6 is 11.8 Å². The number of nitrogens with zero attached hydrogens (tertiary/aromatic N) is 2. The summed E-state index contributed by atoms with van der Waals surface area (Å²) in [6.45, 7) is 0.984. The average Bonchev–Trinajstić information content (AvgIpc) is 2.38. The topological polar surface area (TPSA) is 77.9 Å². The van der Waals surface area contributed by atoms with E-state index in [1.54, 1.807) is 11.9 Å². The number of amides is 2. The highest BCUT2D eigenvalue weighted by Gasteiger charge is 2.27. The van der Waals surface area contributed by atoms with Crippen LogP contribution in [0.2, 0.25) is 0 Å². The summed E-state index contributed by atoms with van der Waals surface area (Å²) in [5.41, 5.74) is 0. The zero-order valence-electron chi connectivity index (χ0n) is 11.3. The van der Waals surface area contributed by atoms with Crippen LogP contribution in [0.1, 0.15) is 12.8 Å². The number of carbonyl (C=O) groups excluding carboxylic acids is 2. The summed E-state index contributed by atoms with van der Waals surface area (Å²) >= 11 is 1.42. The summed E-state index contributed by atoms with van der Waals surface area (Å²) in [6, 6.07) is 0. The molecule has 0 saturated carbocycles. The summed E-state index contributed by atoms with van der Waals surface area (Å²) in [5, 5.41) is 8.88. The smallest absolute Gasteiger partial charge is 0.306 e. The molecule has 0 aliphatic carbocycles. The maximum absolute atomic E-state index is 12.0. The van der Waals surface area contributed by atoms with Crippen molar-refractivity contribution < 1.29 is 19.5 Å². The van der Waals surface area contributed by atoms with Crippen molar-refractivity contribution in [2.45, 2.75) is 12.8 Å². The molecular formula is C12H20N2O4S. The number of thioether (sulfide) groups is 1. The third-order valence-electron chi connectivity index (χ3n) is 3.26. The Kier molecular flexibility index (Phi) is 6.14. The number of hydrogen-bond donors (Lipinski definition) is 1. The fourth-order valence-electron chi connectivity index (χ4n) is 2.00. The summed E-state index contributed by atoms with van der Waals surface area (Å²) in [7, 11) is 1.61. The van der Waals surface area contributed by atoms with Gasteiger partial charge in [-0.3, -0.25) is 14.4 Å². The second-order valence-electron chi connectivity index (χ2n) is 4.68. The molecule has 1 saturated heterocycles. The van der Waals surface area contributed by atoms with E-state index in [-0.39, 0.29) is 24.3 Å². The molecule has 1 rings (SSSR count). The van der Waals surface area contributed by atoms with E-state index in [0.29, 0.717) is 31.7 Å². The molecule has 2 amide bonds. The quantitative estimate of drug-likeness (QED) is 0.778. The van der Waals surface area contributed by atoms with Gasteiger partial charge in [-0.15, -0.1) is 0 Å². The maximum atomic E-state index is 12.0. The first-order valence-electron chi connectivity index (χ1n) is 6.19. The van der Waals surface area contributed by atoms with Crippen LogP contribution in [0, 0.1) is 5.92 Å². The zero-order valence-corrected chi connectivity index (χ0v) is 12.1. The van der Waals surface area contributed by atoms with Crippen LogP contribution in [0.5, 0.6) is 0 Å². The Morgan fingerprint density at radius 2 is 1.89 bits per heavy atom. The molecule has 0 aromatic rings. The molecule has 0 aromatic heterocycles. The lowest BCUT2D eigenvalue weighted by atomic mass is 9.97. The van der Waals surface area contributed by atoms with E-state index >= 15 is 0 Å². The van der Waals surface area contributed by atoms with E-state index < -0.39 is 5.97 Å². The van der Waals surface area contributed by atoms with Crippen LogP contribution < -0.4 is 0 Å². The minimum absolute atomic E-state index is 0.0666. The highest BCUT2D eigenvalue weighted by Crippen LogP contribution is 2.17. The van der Waals surface area contributed by atoms with E-state index in [9.17, 15) is 14.4 Å². The summed E-state index contributed by atoms with van der Waals surface area (Å²) in [5.74, 6) is -0.952. The van der Waals surface area contributed by atoms with Gasteiger partial charge in [0.2, 0.25) is 11.8 Å². The second kappa shape index (κ2) is 7.37. The highest BCUT2D eigenvalue weighted by molar-refractivity contribution is 7.99. The number of carbonyl (C=O) groups is 3. The fraction of sp³-hybridized carbons (Fsp3) is 0.750. The van der Waals surface area contributed by atoms with E-state index in [2.05, 4.69) is 0 Å². The summed E-state index contributed by atoms with van der Waals surface area (Å²) < 4.78 is 0. The van der Waals surface area contributed by atoms with E-state index in [1.807, 2.05) is 6.26 Å². The van der Waals surface area contributed by atoms with Gasteiger partial charge in [0.15, 0.2) is 0 Å². The molecule has 0 radical (unpaired) electrons. The van der Waals surface area contributed by atoms with Gasteiger partial charge in [-0.2, -0.15) is 11.8 Å². The number of carboxylic acid groups (broad SMARTS) is 1. The van der Waals surface area contributed by atoms with Gasteiger partial charge in [0.25, 0.3) is 0 Å². The molecule has 19 heavy (non-hydrogen) atoms. The standard InChI is InChI=1S/C12H20N2O4S/c1-13(11(16)8-19-2)7-10(15)14-5-3-9(4-6-14)12(17)18/h9H,3-8H2,1-2H3,(H,17,18). The number of likely N-dealkylation sites (N-methyl/N-ethyl adjacent to an activating group) is 1. The van der Waals surface area contributed by atoms with Crippen LogP contribution in [-0.2, 0) is 14.4 Å². The van der Waals surface area contributed by atoms with Gasteiger partial charge >= 0.3 is 5.97 Å². The van der Waals surface area contributed by atoms with Crippen molar-refractivity contribution in [3.63, 3.8) is 0 Å². The predicted molar refractivity (Wildman–Crippen MR) is 73.0 cm³/mol. The second-order valence-corrected chi connectivity index (χ2v) is 5.54. The van der Waals surface area contributed by atoms with Gasteiger partial charge < -0.3 is 14.9 Å². The molecule has 0 aromatic carbocycles. The number of hydrogen-bond acceptors (Lipinski definition) is 4. The lowest BCUT2D eigenvalue weighted by Crippen LogP contribution is -2.45. The van der Waals surface area contributed by atoms with Gasteiger partial charge in [-0.05, 0) is 19.1 Å². The zero-order chi connectivity index (χ0) is 14.4. The largest absolute Gasteiger partial charge is 0.481 e. The van der Waals surface area contributed by atoms with Crippen LogP contribution in [0.4, 0.5) is 0 Å². The van der Waals surface area contributed by atoms with Crippen molar-refractivity contribution >= 4 is 29.5 Å². The SMILES string of the molecule is CSCC(=O)N(C)CC(=O)N1CCC(C(=O)O)CC1. The third-order valence-corrected chi connectivity index (χ3v) is 3.80. The number of piperidine rings is 1. The number of carboxylic acids is 1. The molecule has 1 aliphatic rings. The first-order valence-corrected chi connectivity index (χ1v) is 7.58. The van der Waals surface area contributed by atoms with Crippen molar-refractivity contribution in [1.82, 2.24) is 9.80 Å². The molecule has 108 valence electrons. The van der Waals surface area contributed by atoms with Crippen molar-refractivity contribution in [3.05, 3.63) is 0 Å². The highest BCUT2D eigenvalue weighted by atomic mass is 32.2. The van der Waals surface area contributed by atoms with Gasteiger partial charge in [0, 0.05) is 20.1 Å². The van der Waals surface area contributed by atoms with E-state index in [1.165, 1.54) is 16.7 Å². The lowest BCUT2D eigenvalue weighted by molar-refractivity contribution is -0.146. The maximum Gasteiger partial charge on any atom is 0.306 e. The third kappa shape index (κ3) is 4.74. The van der Waals surface area contributed by atoms with Crippen molar-refractivity contribution in [1.29, 1.82) is 0 Å². The molecular weight excluding hydrogens is 268 g/mol. The Labute approximate surface area is 117 Å². The van der Waals surface area contributed by atoms with Crippen LogP contribution in [-0.4, -0.2) is 71.4 Å². The van der Waals surface area contributed by atoms with E-state index in [4.69, 9.17) is 5.11 Å². The average molecular weight is 288 g/mol. The van der Waals surface area contributed by atoms with Crippen LogP contribution in [0.15, 0.2) is 0 Å². The molecule has 0 unspecified atom stereocenters. The Balaban J connectivity index is 2.39. The van der Waals surface area contributed by atoms with Crippen LogP contribution in [0.3, 0.4) is 0 Å². The van der Waals surface area contributed by atoms with Gasteiger partial charge in [-0.1, -0.05) is 0 Å². The van der Waals surface area contributed by atoms with Gasteiger partial charge in [0.05, 0.1) is 18.2 Å². The minimum atomic E-state index is -0.792. The van der Waals surface area contributed by atoms with E-state index in [0.717, 1.165) is 0 Å². The first-order chi connectivity index (χ1) is 8.95. The summed E-state index contributed by atoms with van der Waals surface area (Å²) in [4.78, 5) is 37.4. The van der Waals surface area contributed by atoms with Crippen molar-refractivity contribution in [2.24, 2.45) is 5.92 Å². The fourth-order valence-corrected chi connectivity index (χ4v) is 2.47. The number of aliphatic carboxylic acids is 1. The Morgan fingerprint density at radius 1 is 1.32 bits per heavy atom. The van der Waals surface area contributed by atoms with Gasteiger partial charge in [-0.25, -0.2) is 0 Å². The first kappa shape index (κ1) is 15.8. The molecule has 0 bridgehead atoms. The Hall–Kier alpha value is -1.24. The number of likely N-dealkylation sites (tertiary alicyclic amines) is 1.